The van der Waals surface area contributed by atoms with Gasteiger partial charge in [0.05, 0.1) is 19.3 Å². The highest BCUT2D eigenvalue weighted by atomic mass is 16.5. The lowest BCUT2D eigenvalue weighted by Gasteiger charge is -2.16. The fraction of sp³-hybridized carbons (Fsp3) is 0.346. The van der Waals surface area contributed by atoms with Crippen LogP contribution in [0.1, 0.15) is 30.9 Å². The van der Waals surface area contributed by atoms with Crippen LogP contribution in [0.3, 0.4) is 0 Å². The van der Waals surface area contributed by atoms with Crippen molar-refractivity contribution in [2.75, 3.05) is 19.7 Å². The molecular formula is C26H31NO3. The minimum atomic E-state index is -0.615. The van der Waals surface area contributed by atoms with E-state index < -0.39 is 6.10 Å². The van der Waals surface area contributed by atoms with E-state index in [0.717, 1.165) is 42.6 Å². The van der Waals surface area contributed by atoms with Gasteiger partial charge in [0.1, 0.15) is 0 Å². The second-order valence-electron chi connectivity index (χ2n) is 7.78. The van der Waals surface area contributed by atoms with Gasteiger partial charge in [0.25, 0.3) is 0 Å². The third kappa shape index (κ3) is 6.68. The van der Waals surface area contributed by atoms with Crippen molar-refractivity contribution in [2.24, 2.45) is 5.92 Å². The number of amides is 1. The van der Waals surface area contributed by atoms with Gasteiger partial charge in [-0.25, -0.2) is 0 Å². The number of benzene rings is 2. The molecule has 1 fully saturated rings. The largest absolute Gasteiger partial charge is 0.390 e. The van der Waals surface area contributed by atoms with Crippen molar-refractivity contribution in [2.45, 2.75) is 32.5 Å². The molecule has 2 aromatic carbocycles. The topological polar surface area (TPSA) is 49.8 Å². The number of aliphatic hydroxyl groups excluding tert-OH is 1. The van der Waals surface area contributed by atoms with Crippen molar-refractivity contribution in [3.05, 3.63) is 90.0 Å². The Hall–Kier alpha value is -2.69. The minimum Gasteiger partial charge on any atom is -0.390 e. The van der Waals surface area contributed by atoms with Gasteiger partial charge >= 0.3 is 0 Å². The van der Waals surface area contributed by atoms with Crippen LogP contribution in [0.25, 0.3) is 5.57 Å². The Kier molecular flexibility index (Phi) is 8.42. The van der Waals surface area contributed by atoms with Crippen LogP contribution in [0.2, 0.25) is 0 Å². The van der Waals surface area contributed by atoms with Gasteiger partial charge in [-0.3, -0.25) is 4.79 Å². The van der Waals surface area contributed by atoms with Gasteiger partial charge in [0.2, 0.25) is 5.91 Å². The molecule has 1 saturated heterocycles. The van der Waals surface area contributed by atoms with Crippen molar-refractivity contribution in [3.8, 4) is 0 Å². The molecule has 158 valence electrons. The second kappa shape index (κ2) is 11.5. The highest BCUT2D eigenvalue weighted by Crippen LogP contribution is 2.19. The smallest absolute Gasteiger partial charge is 0.247 e. The van der Waals surface area contributed by atoms with Crippen LogP contribution in [-0.2, 0) is 16.1 Å². The van der Waals surface area contributed by atoms with Gasteiger partial charge in [-0.1, -0.05) is 79.7 Å². The Balaban J connectivity index is 1.61. The number of hydrogen-bond acceptors (Lipinski definition) is 3. The zero-order valence-corrected chi connectivity index (χ0v) is 17.6. The summed E-state index contributed by atoms with van der Waals surface area (Å²) >= 11 is 0. The average Bonchev–Trinajstić information content (AvgIpc) is 3.32. The predicted molar refractivity (Wildman–Crippen MR) is 121 cm³/mol. The highest BCUT2D eigenvalue weighted by Gasteiger charge is 2.17. The van der Waals surface area contributed by atoms with Gasteiger partial charge in [0, 0.05) is 25.1 Å². The Bertz CT molecular complexity index is 839. The standard InChI is InChI=1S/C26H31NO3/c1-21(25(28)20-30-19-22-10-4-2-5-11-22)14-15-24(23-12-6-3-7-13-23)18-26(29)27-16-8-9-17-27/h2-7,10-15,18,21,25,28H,8-9,16-17,19-20H2,1H3/b15-14+,24-18+/t21-,25-/m1/s1. The lowest BCUT2D eigenvalue weighted by molar-refractivity contribution is -0.124. The van der Waals surface area contributed by atoms with E-state index >= 15 is 0 Å². The number of carbonyl (C=O) groups is 1. The first kappa shape index (κ1) is 22.0. The van der Waals surface area contributed by atoms with Gasteiger partial charge in [-0.05, 0) is 29.5 Å². The first-order valence-corrected chi connectivity index (χ1v) is 10.7. The van der Waals surface area contributed by atoms with Crippen LogP contribution in [-0.4, -0.2) is 41.7 Å². The van der Waals surface area contributed by atoms with E-state index in [4.69, 9.17) is 4.74 Å². The Labute approximate surface area is 179 Å². The number of ether oxygens (including phenoxy) is 1. The SMILES string of the molecule is C[C@H](/C=C/C(=C\C(=O)N1CCCC1)c1ccccc1)[C@H](O)COCc1ccccc1. The molecule has 0 bridgehead atoms. The number of aliphatic hydroxyl groups is 1. The van der Waals surface area contributed by atoms with Crippen LogP contribution in [0.4, 0.5) is 0 Å². The number of rotatable bonds is 9. The number of nitrogens with zero attached hydrogens (tertiary/aromatic N) is 1. The third-order valence-corrected chi connectivity index (χ3v) is 5.39. The summed E-state index contributed by atoms with van der Waals surface area (Å²) in [5.41, 5.74) is 2.93. The summed E-state index contributed by atoms with van der Waals surface area (Å²) in [4.78, 5) is 14.5. The summed E-state index contributed by atoms with van der Waals surface area (Å²) in [6.07, 6.45) is 7.13. The molecule has 0 saturated carbocycles. The molecule has 1 N–H and O–H groups in total. The molecule has 4 nitrogen and oxygen atoms in total. The molecule has 0 aliphatic carbocycles. The summed E-state index contributed by atoms with van der Waals surface area (Å²) in [6.45, 7) is 4.35. The van der Waals surface area contributed by atoms with E-state index in [1.807, 2.05) is 84.6 Å². The van der Waals surface area contributed by atoms with Crippen LogP contribution in [0.5, 0.6) is 0 Å². The fourth-order valence-corrected chi connectivity index (χ4v) is 3.43. The van der Waals surface area contributed by atoms with Crippen molar-refractivity contribution < 1.29 is 14.6 Å². The number of hydrogen-bond donors (Lipinski definition) is 1. The molecule has 2 aromatic rings. The summed E-state index contributed by atoms with van der Waals surface area (Å²) in [7, 11) is 0. The van der Waals surface area contributed by atoms with Crippen LogP contribution < -0.4 is 0 Å². The molecule has 3 rings (SSSR count). The first-order valence-electron chi connectivity index (χ1n) is 10.7. The third-order valence-electron chi connectivity index (χ3n) is 5.39. The fourth-order valence-electron chi connectivity index (χ4n) is 3.43. The van der Waals surface area contributed by atoms with Crippen LogP contribution >= 0.6 is 0 Å². The summed E-state index contributed by atoms with van der Waals surface area (Å²) in [6, 6.07) is 19.8. The van der Waals surface area contributed by atoms with E-state index in [-0.39, 0.29) is 18.4 Å². The molecule has 1 heterocycles. The zero-order chi connectivity index (χ0) is 21.2. The molecule has 1 aliphatic heterocycles. The summed E-state index contributed by atoms with van der Waals surface area (Å²) in [5.74, 6) is -0.0508. The zero-order valence-electron chi connectivity index (χ0n) is 17.6. The molecule has 2 atom stereocenters. The van der Waals surface area contributed by atoms with Gasteiger partial charge < -0.3 is 14.7 Å². The molecule has 0 unspecified atom stereocenters. The maximum absolute atomic E-state index is 12.6. The second-order valence-corrected chi connectivity index (χ2v) is 7.78. The summed E-state index contributed by atoms with van der Waals surface area (Å²) < 4.78 is 5.67. The van der Waals surface area contributed by atoms with Gasteiger partial charge in [0.15, 0.2) is 0 Å². The Morgan fingerprint density at radius 1 is 1.07 bits per heavy atom. The molecular weight excluding hydrogens is 374 g/mol. The Morgan fingerprint density at radius 3 is 2.37 bits per heavy atom. The van der Waals surface area contributed by atoms with E-state index in [0.29, 0.717) is 6.61 Å². The lowest BCUT2D eigenvalue weighted by Crippen LogP contribution is -2.25. The molecule has 1 amide bonds. The first-order chi connectivity index (χ1) is 14.6. The average molecular weight is 406 g/mol. The highest BCUT2D eigenvalue weighted by molar-refractivity contribution is 5.97. The number of allylic oxidation sites excluding steroid dienone is 2. The van der Waals surface area contributed by atoms with E-state index in [9.17, 15) is 9.90 Å². The monoisotopic (exact) mass is 405 g/mol. The van der Waals surface area contributed by atoms with E-state index in [1.54, 1.807) is 6.08 Å². The predicted octanol–water partition coefficient (Wildman–Crippen LogP) is 4.46. The van der Waals surface area contributed by atoms with Crippen molar-refractivity contribution in [1.29, 1.82) is 0 Å². The quantitative estimate of drug-likeness (QED) is 0.495. The minimum absolute atomic E-state index is 0.0513. The molecule has 0 aromatic heterocycles. The van der Waals surface area contributed by atoms with Gasteiger partial charge in [-0.2, -0.15) is 0 Å². The maximum atomic E-state index is 12.6. The van der Waals surface area contributed by atoms with Crippen LogP contribution in [0.15, 0.2) is 78.9 Å². The van der Waals surface area contributed by atoms with Crippen molar-refractivity contribution >= 4 is 11.5 Å². The number of likely N-dealkylation sites (tertiary alicyclic amines) is 1. The van der Waals surface area contributed by atoms with E-state index in [2.05, 4.69) is 0 Å². The van der Waals surface area contributed by atoms with E-state index in [1.165, 1.54) is 0 Å². The van der Waals surface area contributed by atoms with Crippen molar-refractivity contribution in [1.82, 2.24) is 4.90 Å². The molecule has 0 spiro atoms. The molecule has 1 aliphatic rings. The Morgan fingerprint density at radius 2 is 1.70 bits per heavy atom. The van der Waals surface area contributed by atoms with Gasteiger partial charge in [-0.15, -0.1) is 0 Å². The molecule has 0 radical (unpaired) electrons. The van der Waals surface area contributed by atoms with Crippen molar-refractivity contribution in [3.63, 3.8) is 0 Å². The molecule has 4 heteroatoms. The number of carbonyl (C=O) groups excluding carboxylic acids is 1. The normalized spacial score (nSPS) is 16.7. The maximum Gasteiger partial charge on any atom is 0.247 e. The van der Waals surface area contributed by atoms with Crippen LogP contribution in [0, 0.1) is 5.92 Å². The lowest BCUT2D eigenvalue weighted by atomic mass is 10.00. The molecule has 30 heavy (non-hydrogen) atoms. The summed E-state index contributed by atoms with van der Waals surface area (Å²) in [5, 5.41) is 10.5.